The molecule has 166 valence electrons. The molecule has 2 atom stereocenters. The topological polar surface area (TPSA) is 76.8 Å². The van der Waals surface area contributed by atoms with Crippen molar-refractivity contribution in [3.05, 3.63) is 59.7 Å². The van der Waals surface area contributed by atoms with Crippen molar-refractivity contribution in [3.8, 4) is 11.5 Å². The summed E-state index contributed by atoms with van der Waals surface area (Å²) in [5, 5.41) is 3.10. The number of hydrogen-bond donors (Lipinski definition) is 2. The van der Waals surface area contributed by atoms with E-state index in [1.807, 2.05) is 48.5 Å². The molecule has 2 aromatic carbocycles. The zero-order valence-corrected chi connectivity index (χ0v) is 19.0. The summed E-state index contributed by atoms with van der Waals surface area (Å²) in [4.78, 5) is 14.8. The molecule has 1 heterocycles. The Bertz CT molecular complexity index is 770. The Balaban J connectivity index is 0.00000225. The Morgan fingerprint density at radius 1 is 1.10 bits per heavy atom. The molecular formula is C22H31Cl2N3O3. The highest BCUT2D eigenvalue weighted by Crippen LogP contribution is 2.24. The maximum Gasteiger partial charge on any atom is 0.237 e. The number of ether oxygens (including phenoxy) is 2. The number of methoxy groups -OCH3 is 2. The van der Waals surface area contributed by atoms with Crippen molar-refractivity contribution < 1.29 is 14.3 Å². The van der Waals surface area contributed by atoms with Gasteiger partial charge in [-0.05, 0) is 36.1 Å². The zero-order chi connectivity index (χ0) is 19.9. The van der Waals surface area contributed by atoms with Gasteiger partial charge in [0.25, 0.3) is 0 Å². The molecule has 0 aliphatic carbocycles. The van der Waals surface area contributed by atoms with Crippen LogP contribution in [0.5, 0.6) is 11.5 Å². The Morgan fingerprint density at radius 3 is 2.33 bits per heavy atom. The first kappa shape index (κ1) is 26.0. The lowest BCUT2D eigenvalue weighted by Gasteiger charge is -2.19. The number of amides is 1. The number of nitrogens with two attached hydrogens (primary N) is 1. The Hall–Kier alpha value is -1.99. The highest BCUT2D eigenvalue weighted by atomic mass is 35.5. The molecule has 30 heavy (non-hydrogen) atoms. The van der Waals surface area contributed by atoms with Crippen molar-refractivity contribution in [1.29, 1.82) is 0 Å². The minimum Gasteiger partial charge on any atom is -0.497 e. The van der Waals surface area contributed by atoms with Crippen molar-refractivity contribution >= 4 is 30.7 Å². The molecule has 2 unspecified atom stereocenters. The van der Waals surface area contributed by atoms with Gasteiger partial charge >= 0.3 is 0 Å². The summed E-state index contributed by atoms with van der Waals surface area (Å²) in [6, 6.07) is 15.4. The van der Waals surface area contributed by atoms with Crippen LogP contribution in [0, 0.1) is 0 Å². The van der Waals surface area contributed by atoms with E-state index in [9.17, 15) is 4.79 Å². The molecule has 1 aliphatic rings. The predicted molar refractivity (Wildman–Crippen MR) is 124 cm³/mol. The monoisotopic (exact) mass is 455 g/mol. The molecule has 0 radical (unpaired) electrons. The van der Waals surface area contributed by atoms with E-state index in [4.69, 9.17) is 15.2 Å². The lowest BCUT2D eigenvalue weighted by atomic mass is 10.1. The van der Waals surface area contributed by atoms with Crippen LogP contribution in [-0.2, 0) is 17.8 Å². The van der Waals surface area contributed by atoms with Crippen molar-refractivity contribution in [3.63, 3.8) is 0 Å². The van der Waals surface area contributed by atoms with Crippen LogP contribution in [0.3, 0.4) is 0 Å². The van der Waals surface area contributed by atoms with Gasteiger partial charge in [-0.3, -0.25) is 9.69 Å². The highest BCUT2D eigenvalue weighted by Gasteiger charge is 2.26. The Morgan fingerprint density at radius 2 is 1.73 bits per heavy atom. The van der Waals surface area contributed by atoms with Crippen LogP contribution in [-0.4, -0.2) is 50.2 Å². The minimum atomic E-state index is -0.529. The number of nitrogens with zero attached hydrogens (tertiary/aromatic N) is 1. The van der Waals surface area contributed by atoms with Crippen molar-refractivity contribution in [2.75, 3.05) is 27.3 Å². The number of carbonyl (C=O) groups is 1. The predicted octanol–water partition coefficient (Wildman–Crippen LogP) is 2.81. The number of likely N-dealkylation sites (tertiary alicyclic amines) is 1. The highest BCUT2D eigenvalue weighted by molar-refractivity contribution is 5.85. The zero-order valence-electron chi connectivity index (χ0n) is 17.4. The average Bonchev–Trinajstić information content (AvgIpc) is 3.14. The lowest BCUT2D eigenvalue weighted by Crippen LogP contribution is -2.47. The first-order valence-electron chi connectivity index (χ1n) is 9.61. The quantitative estimate of drug-likeness (QED) is 0.639. The first-order chi connectivity index (χ1) is 13.6. The fraction of sp³-hybridized carbons (Fsp3) is 0.409. The molecule has 0 saturated carbocycles. The summed E-state index contributed by atoms with van der Waals surface area (Å²) in [6.45, 7) is 2.53. The molecule has 1 saturated heterocycles. The van der Waals surface area contributed by atoms with E-state index in [0.717, 1.165) is 48.7 Å². The number of halogens is 2. The molecular weight excluding hydrogens is 425 g/mol. The van der Waals surface area contributed by atoms with Crippen LogP contribution in [0.4, 0.5) is 0 Å². The number of carbonyl (C=O) groups excluding carboxylic acids is 1. The van der Waals surface area contributed by atoms with Crippen LogP contribution in [0.2, 0.25) is 0 Å². The fourth-order valence-corrected chi connectivity index (χ4v) is 3.58. The van der Waals surface area contributed by atoms with Crippen LogP contribution in [0.25, 0.3) is 0 Å². The van der Waals surface area contributed by atoms with E-state index in [-0.39, 0.29) is 36.8 Å². The molecule has 3 N–H and O–H groups in total. The van der Waals surface area contributed by atoms with Gasteiger partial charge in [-0.1, -0.05) is 30.3 Å². The van der Waals surface area contributed by atoms with Gasteiger partial charge in [-0.2, -0.15) is 0 Å². The van der Waals surface area contributed by atoms with E-state index in [1.54, 1.807) is 14.2 Å². The van der Waals surface area contributed by atoms with Crippen molar-refractivity contribution in [2.45, 2.75) is 31.5 Å². The van der Waals surface area contributed by atoms with Gasteiger partial charge in [-0.15, -0.1) is 24.8 Å². The smallest absolute Gasteiger partial charge is 0.237 e. The summed E-state index contributed by atoms with van der Waals surface area (Å²) in [6.07, 6.45) is 1.47. The average molecular weight is 456 g/mol. The second-order valence-corrected chi connectivity index (χ2v) is 7.25. The molecule has 8 heteroatoms. The summed E-state index contributed by atoms with van der Waals surface area (Å²) in [5.41, 5.74) is 8.30. The normalized spacial score (nSPS) is 16.7. The Labute approximate surface area is 190 Å². The Kier molecular flexibility index (Phi) is 11.0. The maximum atomic E-state index is 12.4. The second-order valence-electron chi connectivity index (χ2n) is 7.25. The van der Waals surface area contributed by atoms with E-state index in [0.29, 0.717) is 6.42 Å². The molecule has 0 spiro atoms. The van der Waals surface area contributed by atoms with Crippen LogP contribution >= 0.6 is 24.8 Å². The van der Waals surface area contributed by atoms with Crippen molar-refractivity contribution in [1.82, 2.24) is 10.2 Å². The molecule has 1 aliphatic heterocycles. The van der Waals surface area contributed by atoms with Crippen LogP contribution < -0.4 is 20.5 Å². The number of rotatable bonds is 8. The third kappa shape index (κ3) is 7.36. The minimum absolute atomic E-state index is 0. The van der Waals surface area contributed by atoms with Crippen molar-refractivity contribution in [2.24, 2.45) is 5.73 Å². The summed E-state index contributed by atoms with van der Waals surface area (Å²) < 4.78 is 10.7. The van der Waals surface area contributed by atoms with E-state index in [2.05, 4.69) is 10.2 Å². The summed E-state index contributed by atoms with van der Waals surface area (Å²) in [5.74, 6) is 1.48. The van der Waals surface area contributed by atoms with Gasteiger partial charge in [0.2, 0.25) is 5.91 Å². The maximum absolute atomic E-state index is 12.4. The number of benzene rings is 2. The van der Waals surface area contributed by atoms with Gasteiger partial charge in [0, 0.05) is 31.7 Å². The molecule has 2 aromatic rings. The van der Waals surface area contributed by atoms with E-state index in [1.165, 1.54) is 0 Å². The second kappa shape index (κ2) is 12.6. The largest absolute Gasteiger partial charge is 0.497 e. The van der Waals surface area contributed by atoms with E-state index >= 15 is 0 Å². The first-order valence-corrected chi connectivity index (χ1v) is 9.61. The number of hydrogen-bond acceptors (Lipinski definition) is 5. The van der Waals surface area contributed by atoms with Crippen LogP contribution in [0.15, 0.2) is 48.5 Å². The molecule has 6 nitrogen and oxygen atoms in total. The van der Waals surface area contributed by atoms with Gasteiger partial charge in [0.1, 0.15) is 11.5 Å². The van der Waals surface area contributed by atoms with Crippen LogP contribution in [0.1, 0.15) is 17.5 Å². The molecule has 0 bridgehead atoms. The number of nitrogens with one attached hydrogen (secondary N) is 1. The van der Waals surface area contributed by atoms with Gasteiger partial charge in [0.05, 0.1) is 20.3 Å². The molecule has 3 rings (SSSR count). The fourth-order valence-electron chi connectivity index (χ4n) is 3.58. The SMILES string of the molecule is COc1cc(CN2CCC(NC(=O)C(N)Cc3ccccc3)C2)cc(OC)c1.Cl.Cl. The summed E-state index contributed by atoms with van der Waals surface area (Å²) in [7, 11) is 3.30. The standard InChI is InChI=1S/C22H29N3O3.2ClH/c1-27-19-10-17(11-20(13-19)28-2)14-25-9-8-18(15-25)24-22(26)21(23)12-16-6-4-3-5-7-16;;/h3-7,10-11,13,18,21H,8-9,12,14-15,23H2,1-2H3,(H,24,26);2*1H. The third-order valence-corrected chi connectivity index (χ3v) is 5.07. The van der Waals surface area contributed by atoms with E-state index < -0.39 is 6.04 Å². The summed E-state index contributed by atoms with van der Waals surface area (Å²) >= 11 is 0. The molecule has 1 fully saturated rings. The van der Waals surface area contributed by atoms with Gasteiger partial charge in [0.15, 0.2) is 0 Å². The van der Waals surface area contributed by atoms with Gasteiger partial charge in [-0.25, -0.2) is 0 Å². The third-order valence-electron chi connectivity index (χ3n) is 5.07. The lowest BCUT2D eigenvalue weighted by molar-refractivity contribution is -0.123. The molecule has 1 amide bonds. The molecule has 0 aromatic heterocycles. The van der Waals surface area contributed by atoms with Gasteiger partial charge < -0.3 is 20.5 Å².